The molecule has 152 valence electrons. The molecule has 1 aromatic carbocycles. The molecule has 1 N–H and O–H groups in total. The fourth-order valence-corrected chi connectivity index (χ4v) is 4.92. The summed E-state index contributed by atoms with van der Waals surface area (Å²) in [5, 5.41) is 2.64. The van der Waals surface area contributed by atoms with Gasteiger partial charge in [-0.2, -0.15) is 0 Å². The number of rotatable bonds is 6. The quantitative estimate of drug-likeness (QED) is 0.549. The number of nitrogens with one attached hydrogen (secondary N) is 1. The SMILES string of the molecule is C=CCOC(=O)c1sc(NC(=O)C2=C(c3ccccc3)S(=O)(=O)CCO2)nc1C. The van der Waals surface area contributed by atoms with E-state index in [-0.39, 0.29) is 39.6 Å². The predicted molar refractivity (Wildman–Crippen MR) is 109 cm³/mol. The highest BCUT2D eigenvalue weighted by atomic mass is 32.2. The standard InChI is InChI=1S/C19H18N2O6S2/c1-3-9-27-18(23)15-12(2)20-19(28-15)21-17(22)14-16(13-7-5-4-6-8-13)29(24,25)11-10-26-14/h3-8H,1,9-11H2,2H3,(H,20,21,22). The average molecular weight is 434 g/mol. The number of sulfone groups is 1. The van der Waals surface area contributed by atoms with Crippen LogP contribution in [0.1, 0.15) is 20.9 Å². The molecular weight excluding hydrogens is 416 g/mol. The molecule has 0 aliphatic carbocycles. The van der Waals surface area contributed by atoms with Gasteiger partial charge in [-0.1, -0.05) is 54.3 Å². The minimum Gasteiger partial charge on any atom is -0.486 e. The number of hydrogen-bond acceptors (Lipinski definition) is 8. The van der Waals surface area contributed by atoms with Crippen molar-refractivity contribution in [2.75, 3.05) is 24.3 Å². The van der Waals surface area contributed by atoms with Gasteiger partial charge in [0.05, 0.1) is 11.4 Å². The molecule has 0 saturated carbocycles. The lowest BCUT2D eigenvalue weighted by atomic mass is 10.2. The average Bonchev–Trinajstić information content (AvgIpc) is 3.05. The summed E-state index contributed by atoms with van der Waals surface area (Å²) in [5.74, 6) is -1.86. The van der Waals surface area contributed by atoms with Gasteiger partial charge in [-0.15, -0.1) is 0 Å². The van der Waals surface area contributed by atoms with E-state index in [0.29, 0.717) is 11.3 Å². The first kappa shape index (κ1) is 20.7. The number of nitrogens with zero attached hydrogens (tertiary/aromatic N) is 1. The number of thiazole rings is 1. The molecule has 0 bridgehead atoms. The van der Waals surface area contributed by atoms with Crippen LogP contribution in [0.15, 0.2) is 48.7 Å². The van der Waals surface area contributed by atoms with Crippen LogP contribution in [0.25, 0.3) is 4.91 Å². The summed E-state index contributed by atoms with van der Waals surface area (Å²) in [6, 6.07) is 8.28. The first-order valence-electron chi connectivity index (χ1n) is 8.55. The minimum atomic E-state index is -3.70. The first-order chi connectivity index (χ1) is 13.8. The van der Waals surface area contributed by atoms with Crippen molar-refractivity contribution in [3.8, 4) is 0 Å². The second-order valence-corrected chi connectivity index (χ2v) is 9.01. The predicted octanol–water partition coefficient (Wildman–Crippen LogP) is 2.55. The van der Waals surface area contributed by atoms with Gasteiger partial charge in [0.15, 0.2) is 15.0 Å². The zero-order chi connectivity index (χ0) is 21.0. The summed E-state index contributed by atoms with van der Waals surface area (Å²) in [4.78, 5) is 29.0. The molecule has 0 atom stereocenters. The van der Waals surface area contributed by atoms with Crippen LogP contribution in [0, 0.1) is 6.92 Å². The fraction of sp³-hybridized carbons (Fsp3) is 0.211. The van der Waals surface area contributed by atoms with Crippen molar-refractivity contribution in [3.63, 3.8) is 0 Å². The molecule has 0 radical (unpaired) electrons. The lowest BCUT2D eigenvalue weighted by molar-refractivity contribution is -0.115. The summed E-state index contributed by atoms with van der Waals surface area (Å²) in [5.41, 5.74) is 0.746. The van der Waals surface area contributed by atoms with Crippen LogP contribution in [0.2, 0.25) is 0 Å². The van der Waals surface area contributed by atoms with Gasteiger partial charge in [0, 0.05) is 0 Å². The third kappa shape index (κ3) is 4.54. The van der Waals surface area contributed by atoms with Crippen LogP contribution in [0.5, 0.6) is 0 Å². The van der Waals surface area contributed by atoms with Crippen LogP contribution in [-0.4, -0.2) is 44.2 Å². The third-order valence-electron chi connectivity index (χ3n) is 3.89. The van der Waals surface area contributed by atoms with Gasteiger partial charge in [-0.3, -0.25) is 10.1 Å². The number of aryl methyl sites for hydroxylation is 1. The van der Waals surface area contributed by atoms with E-state index in [0.717, 1.165) is 11.3 Å². The summed E-state index contributed by atoms with van der Waals surface area (Å²) in [6.45, 7) is 5.00. The molecule has 29 heavy (non-hydrogen) atoms. The summed E-state index contributed by atoms with van der Waals surface area (Å²) >= 11 is 0.928. The van der Waals surface area contributed by atoms with Gasteiger partial charge in [0.2, 0.25) is 5.76 Å². The molecule has 0 unspecified atom stereocenters. The normalized spacial score (nSPS) is 15.3. The van der Waals surface area contributed by atoms with Gasteiger partial charge in [-0.05, 0) is 12.5 Å². The summed E-state index contributed by atoms with van der Waals surface area (Å²) in [6.07, 6.45) is 1.44. The first-order valence-corrected chi connectivity index (χ1v) is 11.0. The lowest BCUT2D eigenvalue weighted by Crippen LogP contribution is -2.28. The Morgan fingerprint density at radius 2 is 2.07 bits per heavy atom. The monoisotopic (exact) mass is 434 g/mol. The molecule has 10 heteroatoms. The van der Waals surface area contributed by atoms with Crippen LogP contribution in [-0.2, 0) is 24.1 Å². The van der Waals surface area contributed by atoms with E-state index in [9.17, 15) is 18.0 Å². The maximum Gasteiger partial charge on any atom is 0.350 e. The number of benzene rings is 1. The maximum absolute atomic E-state index is 12.8. The molecule has 0 saturated heterocycles. The molecule has 1 amide bonds. The highest BCUT2D eigenvalue weighted by Gasteiger charge is 2.33. The Hall–Kier alpha value is -2.98. The number of carbonyl (C=O) groups is 2. The van der Waals surface area contributed by atoms with Crippen molar-refractivity contribution in [3.05, 3.63) is 64.9 Å². The zero-order valence-electron chi connectivity index (χ0n) is 15.5. The van der Waals surface area contributed by atoms with Crippen molar-refractivity contribution in [1.29, 1.82) is 0 Å². The van der Waals surface area contributed by atoms with Crippen LogP contribution in [0.4, 0.5) is 5.13 Å². The molecule has 0 spiro atoms. The van der Waals surface area contributed by atoms with Crippen LogP contribution < -0.4 is 5.32 Å². The highest BCUT2D eigenvalue weighted by Crippen LogP contribution is 2.31. The zero-order valence-corrected chi connectivity index (χ0v) is 17.1. The number of amides is 1. The fourth-order valence-electron chi connectivity index (χ4n) is 2.62. The molecule has 2 aromatic rings. The largest absolute Gasteiger partial charge is 0.486 e. The summed E-state index contributed by atoms with van der Waals surface area (Å²) in [7, 11) is -3.70. The Morgan fingerprint density at radius 3 is 2.76 bits per heavy atom. The van der Waals surface area contributed by atoms with Crippen molar-refractivity contribution in [2.24, 2.45) is 0 Å². The topological polar surface area (TPSA) is 112 Å². The van der Waals surface area contributed by atoms with Crippen molar-refractivity contribution in [1.82, 2.24) is 4.98 Å². The smallest absolute Gasteiger partial charge is 0.350 e. The maximum atomic E-state index is 12.8. The molecule has 2 heterocycles. The number of ether oxygens (including phenoxy) is 2. The Kier molecular flexibility index (Phi) is 6.14. The molecule has 0 fully saturated rings. The van der Waals surface area contributed by atoms with E-state index in [1.54, 1.807) is 37.3 Å². The molecule has 1 aliphatic rings. The van der Waals surface area contributed by atoms with E-state index < -0.39 is 21.7 Å². The van der Waals surface area contributed by atoms with Gasteiger partial charge >= 0.3 is 5.97 Å². The van der Waals surface area contributed by atoms with E-state index in [4.69, 9.17) is 9.47 Å². The molecule has 3 rings (SSSR count). The molecule has 8 nitrogen and oxygen atoms in total. The number of anilines is 1. The number of aromatic nitrogens is 1. The Balaban J connectivity index is 1.92. The van der Waals surface area contributed by atoms with Crippen molar-refractivity contribution < 1.29 is 27.5 Å². The second kappa shape index (κ2) is 8.58. The Bertz CT molecular complexity index is 1090. The molecule has 1 aromatic heterocycles. The van der Waals surface area contributed by atoms with Gasteiger partial charge < -0.3 is 9.47 Å². The second-order valence-electron chi connectivity index (χ2n) is 5.97. The van der Waals surface area contributed by atoms with Gasteiger partial charge in [0.1, 0.15) is 23.0 Å². The van der Waals surface area contributed by atoms with Crippen LogP contribution >= 0.6 is 11.3 Å². The molecular formula is C19H18N2O6S2. The van der Waals surface area contributed by atoms with E-state index in [2.05, 4.69) is 16.9 Å². The van der Waals surface area contributed by atoms with E-state index in [1.807, 2.05) is 0 Å². The number of esters is 1. The molecule has 1 aliphatic heterocycles. The van der Waals surface area contributed by atoms with Crippen LogP contribution in [0.3, 0.4) is 0 Å². The minimum absolute atomic E-state index is 0.0525. The Morgan fingerprint density at radius 1 is 1.34 bits per heavy atom. The van der Waals surface area contributed by atoms with E-state index >= 15 is 0 Å². The van der Waals surface area contributed by atoms with Crippen molar-refractivity contribution in [2.45, 2.75) is 6.92 Å². The summed E-state index contributed by atoms with van der Waals surface area (Å²) < 4.78 is 35.6. The van der Waals surface area contributed by atoms with Crippen molar-refractivity contribution >= 4 is 43.1 Å². The van der Waals surface area contributed by atoms with Gasteiger partial charge in [-0.25, -0.2) is 18.2 Å². The van der Waals surface area contributed by atoms with E-state index in [1.165, 1.54) is 6.08 Å². The van der Waals surface area contributed by atoms with Gasteiger partial charge in [0.25, 0.3) is 5.91 Å². The third-order valence-corrected chi connectivity index (χ3v) is 6.69. The number of hydrogen-bond donors (Lipinski definition) is 1. The number of carbonyl (C=O) groups excluding carboxylic acids is 2. The lowest BCUT2D eigenvalue weighted by Gasteiger charge is -2.20. The Labute approximate surface area is 171 Å². The highest BCUT2D eigenvalue weighted by molar-refractivity contribution is 8.00.